The molecule has 1 heterocycles. The highest BCUT2D eigenvalue weighted by molar-refractivity contribution is 6.34. The van der Waals surface area contributed by atoms with Gasteiger partial charge < -0.3 is 10.3 Å². The number of hydrogen-bond acceptors (Lipinski definition) is 2. The van der Waals surface area contributed by atoms with E-state index in [0.717, 1.165) is 23.4 Å². The maximum Gasteiger partial charge on any atom is 0.137 e. The molecule has 0 radical (unpaired) electrons. The fourth-order valence-electron chi connectivity index (χ4n) is 2.49. The Hall–Kier alpha value is -1.76. The van der Waals surface area contributed by atoms with Crippen LogP contribution in [0, 0.1) is 32.1 Å². The Morgan fingerprint density at radius 1 is 1.24 bits per heavy atom. The molecule has 0 aliphatic heterocycles. The lowest BCUT2D eigenvalue weighted by atomic mass is 9.94. The van der Waals surface area contributed by atoms with Gasteiger partial charge in [0.2, 0.25) is 0 Å². The van der Waals surface area contributed by atoms with Gasteiger partial charge in [-0.05, 0) is 49.6 Å². The maximum absolute atomic E-state index is 9.21. The van der Waals surface area contributed by atoms with Crippen LogP contribution in [0.4, 0.5) is 0 Å². The van der Waals surface area contributed by atoms with Crippen LogP contribution in [0.15, 0.2) is 12.1 Å². The summed E-state index contributed by atoms with van der Waals surface area (Å²) in [6, 6.07) is 6.32. The van der Waals surface area contributed by atoms with Crippen LogP contribution in [0.3, 0.4) is 0 Å². The largest absolute Gasteiger partial charge is 0.347 e. The minimum absolute atomic E-state index is 0.428. The lowest BCUT2D eigenvalue weighted by molar-refractivity contribution is 0.715. The zero-order chi connectivity index (χ0) is 15.6. The predicted molar refractivity (Wildman–Crippen MR) is 87.5 cm³/mol. The lowest BCUT2D eigenvalue weighted by Gasteiger charge is -2.13. The van der Waals surface area contributed by atoms with Crippen molar-refractivity contribution in [1.82, 2.24) is 10.3 Å². The first-order chi connectivity index (χ1) is 10.0. The first-order valence-corrected chi connectivity index (χ1v) is 7.47. The molecule has 0 amide bonds. The molecule has 0 saturated heterocycles. The van der Waals surface area contributed by atoms with E-state index in [4.69, 9.17) is 11.6 Å². The second-order valence-corrected chi connectivity index (χ2v) is 5.62. The highest BCUT2D eigenvalue weighted by Crippen LogP contribution is 2.37. The van der Waals surface area contributed by atoms with Gasteiger partial charge in [0.1, 0.15) is 11.8 Å². The lowest BCUT2D eigenvalue weighted by Crippen LogP contribution is -2.12. The number of halogens is 1. The second-order valence-electron chi connectivity index (χ2n) is 5.24. The minimum Gasteiger partial charge on any atom is -0.347 e. The first-order valence-electron chi connectivity index (χ1n) is 7.09. The fourth-order valence-corrected chi connectivity index (χ4v) is 2.80. The normalized spacial score (nSPS) is 10.7. The van der Waals surface area contributed by atoms with Crippen molar-refractivity contribution in [2.75, 3.05) is 6.54 Å². The van der Waals surface area contributed by atoms with Gasteiger partial charge in [-0.1, -0.05) is 30.7 Å². The number of nitrogens with one attached hydrogen (secondary N) is 2. The molecule has 2 rings (SSSR count). The van der Waals surface area contributed by atoms with Crippen LogP contribution in [0.1, 0.15) is 35.0 Å². The van der Waals surface area contributed by atoms with Gasteiger partial charge in [0.25, 0.3) is 0 Å². The van der Waals surface area contributed by atoms with Crippen molar-refractivity contribution in [3.8, 4) is 17.2 Å². The summed E-state index contributed by atoms with van der Waals surface area (Å²) in [5.41, 5.74) is 7.15. The summed E-state index contributed by atoms with van der Waals surface area (Å²) in [5.74, 6) is 0. The Balaban J connectivity index is 2.65. The van der Waals surface area contributed by atoms with Gasteiger partial charge in [-0.25, -0.2) is 0 Å². The molecule has 0 spiro atoms. The molecule has 110 valence electrons. The molecule has 4 heteroatoms. The van der Waals surface area contributed by atoms with Crippen molar-refractivity contribution in [3.63, 3.8) is 0 Å². The zero-order valence-corrected chi connectivity index (χ0v) is 13.7. The number of H-pyrrole nitrogens is 1. The molecule has 1 aromatic heterocycles. The van der Waals surface area contributed by atoms with Gasteiger partial charge in [-0.15, -0.1) is 0 Å². The number of aromatic amines is 1. The minimum atomic E-state index is 0.428. The molecular formula is C17H20ClN3. The van der Waals surface area contributed by atoms with Crippen LogP contribution in [0.25, 0.3) is 11.1 Å². The number of hydrogen-bond donors (Lipinski definition) is 2. The van der Waals surface area contributed by atoms with Gasteiger partial charge in [0.15, 0.2) is 0 Å². The van der Waals surface area contributed by atoms with Crippen molar-refractivity contribution in [2.45, 2.75) is 34.2 Å². The van der Waals surface area contributed by atoms with Crippen molar-refractivity contribution in [2.24, 2.45) is 0 Å². The van der Waals surface area contributed by atoms with Crippen LogP contribution >= 0.6 is 11.6 Å². The quantitative estimate of drug-likeness (QED) is 0.887. The van der Waals surface area contributed by atoms with Crippen LogP contribution in [0.2, 0.25) is 5.02 Å². The summed E-state index contributed by atoms with van der Waals surface area (Å²) in [5, 5.41) is 13.0. The number of nitrogens with zero attached hydrogens (tertiary/aromatic N) is 1. The summed E-state index contributed by atoms with van der Waals surface area (Å²) in [7, 11) is 0. The molecule has 0 saturated carbocycles. The Bertz CT molecular complexity index is 708. The Kier molecular flexibility index (Phi) is 4.72. The first kappa shape index (κ1) is 15.6. The number of benzene rings is 1. The summed E-state index contributed by atoms with van der Waals surface area (Å²) < 4.78 is 0. The molecule has 0 aliphatic rings. The smallest absolute Gasteiger partial charge is 0.137 e. The van der Waals surface area contributed by atoms with E-state index in [1.54, 1.807) is 0 Å². The van der Waals surface area contributed by atoms with Crippen LogP contribution < -0.4 is 5.32 Å². The summed E-state index contributed by atoms with van der Waals surface area (Å²) in [6.07, 6.45) is 0. The Labute approximate surface area is 130 Å². The highest BCUT2D eigenvalue weighted by atomic mass is 35.5. The Morgan fingerprint density at radius 3 is 2.57 bits per heavy atom. The number of rotatable bonds is 4. The van der Waals surface area contributed by atoms with E-state index in [2.05, 4.69) is 56.2 Å². The molecule has 2 N–H and O–H groups in total. The van der Waals surface area contributed by atoms with Crippen LogP contribution in [-0.4, -0.2) is 11.5 Å². The third kappa shape index (κ3) is 2.83. The van der Waals surface area contributed by atoms with Crippen molar-refractivity contribution in [3.05, 3.63) is 45.2 Å². The average Bonchev–Trinajstić information content (AvgIpc) is 2.79. The number of aromatic nitrogens is 1. The number of nitriles is 1. The summed E-state index contributed by atoms with van der Waals surface area (Å²) in [4.78, 5) is 3.14. The van der Waals surface area contributed by atoms with Crippen LogP contribution in [-0.2, 0) is 6.54 Å². The highest BCUT2D eigenvalue weighted by Gasteiger charge is 2.19. The standard InChI is InChI=1S/C17H20ClN3/c1-5-20-9-15-16(17(18)14(8-19)21-15)13-7-6-10(2)11(3)12(13)4/h6-7,20-21H,5,9H2,1-4H3. The van der Waals surface area contributed by atoms with Crippen molar-refractivity contribution >= 4 is 11.6 Å². The monoisotopic (exact) mass is 301 g/mol. The van der Waals surface area contributed by atoms with Crippen LogP contribution in [0.5, 0.6) is 0 Å². The topological polar surface area (TPSA) is 51.6 Å². The van der Waals surface area contributed by atoms with Gasteiger partial charge in [-0.2, -0.15) is 5.26 Å². The molecule has 0 bridgehead atoms. The van der Waals surface area contributed by atoms with E-state index in [9.17, 15) is 5.26 Å². The van der Waals surface area contributed by atoms with Gasteiger partial charge in [-0.3, -0.25) is 0 Å². The number of aryl methyl sites for hydroxylation is 1. The zero-order valence-electron chi connectivity index (χ0n) is 12.9. The third-order valence-electron chi connectivity index (χ3n) is 4.01. The Morgan fingerprint density at radius 2 is 1.95 bits per heavy atom. The van der Waals surface area contributed by atoms with E-state index in [-0.39, 0.29) is 0 Å². The van der Waals surface area contributed by atoms with E-state index < -0.39 is 0 Å². The van der Waals surface area contributed by atoms with Crippen molar-refractivity contribution < 1.29 is 0 Å². The van der Waals surface area contributed by atoms with E-state index >= 15 is 0 Å². The predicted octanol–water partition coefficient (Wildman–Crippen LogP) is 4.24. The summed E-state index contributed by atoms with van der Waals surface area (Å²) in [6.45, 7) is 9.90. The molecule has 0 atom stereocenters. The molecule has 1 aromatic carbocycles. The molecule has 0 unspecified atom stereocenters. The van der Waals surface area contributed by atoms with Gasteiger partial charge in [0, 0.05) is 17.8 Å². The molecule has 21 heavy (non-hydrogen) atoms. The van der Waals surface area contributed by atoms with Gasteiger partial charge in [0.05, 0.1) is 5.02 Å². The van der Waals surface area contributed by atoms with Crippen molar-refractivity contribution in [1.29, 1.82) is 5.26 Å². The maximum atomic E-state index is 9.21. The SMILES string of the molecule is CCNCc1[nH]c(C#N)c(Cl)c1-c1ccc(C)c(C)c1C. The molecular weight excluding hydrogens is 282 g/mol. The van der Waals surface area contributed by atoms with E-state index in [1.807, 2.05) is 0 Å². The molecule has 0 fully saturated rings. The average molecular weight is 302 g/mol. The van der Waals surface area contributed by atoms with E-state index in [0.29, 0.717) is 17.3 Å². The second kappa shape index (κ2) is 6.34. The molecule has 3 nitrogen and oxygen atoms in total. The molecule has 0 aliphatic carbocycles. The fraction of sp³-hybridized carbons (Fsp3) is 0.353. The third-order valence-corrected chi connectivity index (χ3v) is 4.39. The van der Waals surface area contributed by atoms with E-state index in [1.165, 1.54) is 16.7 Å². The molecule has 2 aromatic rings. The van der Waals surface area contributed by atoms with Gasteiger partial charge >= 0.3 is 0 Å². The summed E-state index contributed by atoms with van der Waals surface area (Å²) >= 11 is 6.43.